The molecule has 0 heterocycles. The first-order chi connectivity index (χ1) is 5.43. The molecule has 1 aromatic carbocycles. The van der Waals surface area contributed by atoms with E-state index in [1.54, 1.807) is 0 Å². The van der Waals surface area contributed by atoms with Gasteiger partial charge in [-0.05, 0) is 24.0 Å². The second kappa shape index (κ2) is 14.7. The molecular weight excluding hydrogens is 251 g/mol. The third-order valence-corrected chi connectivity index (χ3v) is 3.24. The van der Waals surface area contributed by atoms with Crippen molar-refractivity contribution >= 4 is 75.2 Å². The van der Waals surface area contributed by atoms with Gasteiger partial charge in [-0.15, -0.1) is 9.24 Å². The zero-order valence-corrected chi connectivity index (χ0v) is 17.7. The van der Waals surface area contributed by atoms with Gasteiger partial charge < -0.3 is 0 Å². The third kappa shape index (κ3) is 10.2. The summed E-state index contributed by atoms with van der Waals surface area (Å²) >= 11 is 0. The van der Waals surface area contributed by atoms with Gasteiger partial charge in [-0.3, -0.25) is 0 Å². The molecule has 0 aliphatic carbocycles. The van der Waals surface area contributed by atoms with Gasteiger partial charge in [0.15, 0.2) is 0 Å². The van der Waals surface area contributed by atoms with Crippen molar-refractivity contribution in [3.8, 4) is 0 Å². The standard InChI is InChI=1S/C9H14P2.3Al.6H/c10-7-4-8-11-9-5-2-1-3-6-9;;;;;;;;;/h1-3,5-6,11H,4,7-8,10H2;;;;;;;;;. The highest BCUT2D eigenvalue weighted by Gasteiger charge is 1.88. The fourth-order valence-corrected chi connectivity index (χ4v) is 2.60. The highest BCUT2D eigenvalue weighted by molar-refractivity contribution is 7.47. The summed E-state index contributed by atoms with van der Waals surface area (Å²) in [6.45, 7) is 0. The molecule has 0 fully saturated rings. The molecule has 0 aromatic heterocycles. The zero-order valence-electron chi connectivity index (χ0n) is 9.59. The van der Waals surface area contributed by atoms with Gasteiger partial charge in [0.1, 0.15) is 52.1 Å². The molecule has 0 saturated heterocycles. The predicted molar refractivity (Wildman–Crippen MR) is 84.1 cm³/mol. The lowest BCUT2D eigenvalue weighted by Gasteiger charge is -1.98. The van der Waals surface area contributed by atoms with E-state index in [0.29, 0.717) is 0 Å². The monoisotopic (exact) mass is 271 g/mol. The van der Waals surface area contributed by atoms with Crippen molar-refractivity contribution in [2.24, 2.45) is 0 Å². The first-order valence-corrected chi connectivity index (χ1v) is 5.95. The SMILES string of the molecule is PCCCPc1ccccc1.[AlH2].[AlH2].[AlH2]. The third-order valence-electron chi connectivity index (χ3n) is 1.48. The van der Waals surface area contributed by atoms with E-state index in [0.717, 1.165) is 8.58 Å². The normalized spacial score (nSPS) is 8.64. The summed E-state index contributed by atoms with van der Waals surface area (Å²) in [7, 11) is 3.77. The Kier molecular flexibility index (Phi) is 22.0. The largest absolute Gasteiger partial charge is 0.146 e. The van der Waals surface area contributed by atoms with Gasteiger partial charge in [-0.1, -0.05) is 38.9 Å². The predicted octanol–water partition coefficient (Wildman–Crippen LogP) is -0.493. The summed E-state index contributed by atoms with van der Waals surface area (Å²) in [5, 5.41) is 1.49. The number of hydrogen-bond acceptors (Lipinski definition) is 0. The number of rotatable bonds is 4. The minimum absolute atomic E-state index is 0. The van der Waals surface area contributed by atoms with Gasteiger partial charge in [0, 0.05) is 0 Å². The number of hydrogen-bond donors (Lipinski definition) is 0. The Morgan fingerprint density at radius 3 is 2.07 bits per heavy atom. The quantitative estimate of drug-likeness (QED) is 0.394. The molecule has 1 rings (SSSR count). The molecule has 0 aliphatic heterocycles. The van der Waals surface area contributed by atoms with Crippen LogP contribution in [0.5, 0.6) is 0 Å². The van der Waals surface area contributed by atoms with Crippen LogP contribution in [0.4, 0.5) is 0 Å². The van der Waals surface area contributed by atoms with Crippen LogP contribution >= 0.6 is 17.8 Å². The minimum Gasteiger partial charge on any atom is -0.138 e. The van der Waals surface area contributed by atoms with E-state index >= 15 is 0 Å². The van der Waals surface area contributed by atoms with Crippen molar-refractivity contribution in [2.45, 2.75) is 6.42 Å². The molecule has 0 amide bonds. The summed E-state index contributed by atoms with van der Waals surface area (Å²) < 4.78 is 0. The molecule has 3 radical (unpaired) electrons. The van der Waals surface area contributed by atoms with Crippen molar-refractivity contribution in [3.63, 3.8) is 0 Å². The van der Waals surface area contributed by atoms with Crippen molar-refractivity contribution in [1.82, 2.24) is 0 Å². The van der Waals surface area contributed by atoms with Crippen molar-refractivity contribution in [1.29, 1.82) is 0 Å². The van der Waals surface area contributed by atoms with E-state index in [1.807, 2.05) is 0 Å². The molecule has 0 bridgehead atoms. The Morgan fingerprint density at radius 2 is 1.57 bits per heavy atom. The van der Waals surface area contributed by atoms with Crippen LogP contribution in [0.1, 0.15) is 6.42 Å². The van der Waals surface area contributed by atoms with Crippen LogP contribution in [0, 0.1) is 0 Å². The van der Waals surface area contributed by atoms with E-state index in [-0.39, 0.29) is 52.1 Å². The van der Waals surface area contributed by atoms with Gasteiger partial charge in [0.25, 0.3) is 0 Å². The van der Waals surface area contributed by atoms with E-state index in [9.17, 15) is 0 Å². The summed E-state index contributed by atoms with van der Waals surface area (Å²) in [4.78, 5) is 0. The lowest BCUT2D eigenvalue weighted by Crippen LogP contribution is -1.93. The Labute approximate surface area is 123 Å². The molecule has 0 N–H and O–H groups in total. The van der Waals surface area contributed by atoms with Crippen LogP contribution in [0.25, 0.3) is 0 Å². The van der Waals surface area contributed by atoms with Crippen LogP contribution in [0.3, 0.4) is 0 Å². The van der Waals surface area contributed by atoms with Gasteiger partial charge in [0.05, 0.1) is 0 Å². The van der Waals surface area contributed by atoms with E-state index < -0.39 is 0 Å². The fraction of sp³-hybridized carbons (Fsp3) is 0.333. The Hall–Kier alpha value is 1.68. The van der Waals surface area contributed by atoms with E-state index in [4.69, 9.17) is 0 Å². The highest BCUT2D eigenvalue weighted by atomic mass is 31.1. The van der Waals surface area contributed by atoms with Crippen LogP contribution in [0.15, 0.2) is 30.3 Å². The van der Waals surface area contributed by atoms with Gasteiger partial charge >= 0.3 is 0 Å². The highest BCUT2D eigenvalue weighted by Crippen LogP contribution is 2.11. The van der Waals surface area contributed by atoms with E-state index in [1.165, 1.54) is 24.0 Å². The molecule has 1 aromatic rings. The second-order valence-corrected chi connectivity index (χ2v) is 4.44. The Balaban J connectivity index is -0.000000403. The first-order valence-electron chi connectivity index (χ1n) is 3.92. The molecule has 0 nitrogen and oxygen atoms in total. The Bertz CT molecular complexity index is 195. The zero-order chi connectivity index (χ0) is 7.94. The molecular formula is C9H20Al3P2. The maximum Gasteiger partial charge on any atom is 0.146 e. The molecule has 0 aliphatic rings. The second-order valence-electron chi connectivity index (χ2n) is 2.44. The Morgan fingerprint density at radius 1 is 1.00 bits per heavy atom. The van der Waals surface area contributed by atoms with Crippen molar-refractivity contribution in [2.75, 3.05) is 12.3 Å². The average molecular weight is 271 g/mol. The molecule has 2 unspecified atom stereocenters. The summed E-state index contributed by atoms with van der Waals surface area (Å²) in [6, 6.07) is 10.7. The lowest BCUT2D eigenvalue weighted by atomic mass is 10.4. The fourth-order valence-electron chi connectivity index (χ4n) is 0.891. The van der Waals surface area contributed by atoms with Crippen LogP contribution in [0.2, 0.25) is 0 Å². The van der Waals surface area contributed by atoms with E-state index in [2.05, 4.69) is 39.6 Å². The first kappa shape index (κ1) is 21.0. The van der Waals surface area contributed by atoms with Crippen LogP contribution in [-0.2, 0) is 0 Å². The van der Waals surface area contributed by atoms with Crippen LogP contribution < -0.4 is 5.30 Å². The maximum absolute atomic E-state index is 2.77. The van der Waals surface area contributed by atoms with Crippen molar-refractivity contribution < 1.29 is 0 Å². The summed E-state index contributed by atoms with van der Waals surface area (Å²) in [6.07, 6.45) is 3.91. The molecule has 14 heavy (non-hydrogen) atoms. The smallest absolute Gasteiger partial charge is 0.138 e. The number of benzene rings is 1. The van der Waals surface area contributed by atoms with Gasteiger partial charge in [0.2, 0.25) is 0 Å². The van der Waals surface area contributed by atoms with Crippen LogP contribution in [-0.4, -0.2) is 64.4 Å². The molecule has 75 valence electrons. The summed E-state index contributed by atoms with van der Waals surface area (Å²) in [5.41, 5.74) is 0. The summed E-state index contributed by atoms with van der Waals surface area (Å²) in [5.74, 6) is 0. The minimum atomic E-state index is 0. The van der Waals surface area contributed by atoms with Gasteiger partial charge in [-0.2, -0.15) is 0 Å². The molecule has 2 atom stereocenters. The average Bonchev–Trinajstić information content (AvgIpc) is 2.07. The maximum atomic E-state index is 2.77. The molecule has 0 saturated carbocycles. The molecule has 5 heteroatoms. The van der Waals surface area contributed by atoms with Gasteiger partial charge in [-0.25, -0.2) is 0 Å². The topological polar surface area (TPSA) is 0 Å². The lowest BCUT2D eigenvalue weighted by molar-refractivity contribution is 1.12. The van der Waals surface area contributed by atoms with Crippen molar-refractivity contribution in [3.05, 3.63) is 30.3 Å². The molecule has 0 spiro atoms.